The van der Waals surface area contributed by atoms with Crippen molar-refractivity contribution in [1.82, 2.24) is 5.32 Å². The smallest absolute Gasteiger partial charge is 0.217 e. The number of guanidine groups is 1. The molecule has 1 aromatic rings. The van der Waals surface area contributed by atoms with Crippen LogP contribution in [0.25, 0.3) is 0 Å². The van der Waals surface area contributed by atoms with Gasteiger partial charge in [-0.3, -0.25) is 4.99 Å². The molecule has 0 aliphatic heterocycles. The van der Waals surface area contributed by atoms with E-state index < -0.39 is 0 Å². The Morgan fingerprint density at radius 2 is 1.78 bits per heavy atom. The highest BCUT2D eigenvalue weighted by molar-refractivity contribution is 5.95. The molecule has 100 valence electrons. The molecule has 0 aliphatic rings. The van der Waals surface area contributed by atoms with Crippen molar-refractivity contribution in [2.24, 2.45) is 9.98 Å². The molecule has 1 rings (SSSR count). The topological polar surface area (TPSA) is 36.8 Å². The van der Waals surface area contributed by atoms with Gasteiger partial charge in [-0.1, -0.05) is 51.1 Å². The van der Waals surface area contributed by atoms with Crippen molar-refractivity contribution in [3.63, 3.8) is 0 Å². The van der Waals surface area contributed by atoms with Gasteiger partial charge in [0.2, 0.25) is 5.96 Å². The molecule has 0 saturated carbocycles. The van der Waals surface area contributed by atoms with Gasteiger partial charge in [0.25, 0.3) is 0 Å². The average molecular weight is 247 g/mol. The Morgan fingerprint density at radius 3 is 2.28 bits per heavy atom. The Labute approximate surface area is 111 Å². The molecule has 0 fully saturated rings. The van der Waals surface area contributed by atoms with Crippen LogP contribution in [0, 0.1) is 0 Å². The Kier molecular flexibility index (Phi) is 9.55. The molecule has 0 atom stereocenters. The normalized spacial score (nSPS) is 11.6. The number of nitrogens with zero attached hydrogens (tertiary/aromatic N) is 2. The summed E-state index contributed by atoms with van der Waals surface area (Å²) in [6, 6.07) is 10.2. The molecule has 3 nitrogen and oxygen atoms in total. The van der Waals surface area contributed by atoms with Crippen molar-refractivity contribution in [2.45, 2.75) is 40.7 Å². The summed E-state index contributed by atoms with van der Waals surface area (Å²) >= 11 is 0. The van der Waals surface area contributed by atoms with E-state index in [1.54, 1.807) is 7.05 Å². The first kappa shape index (κ1) is 16.4. The standard InChI is InChI=1S/C13H19N3.C2H6/c1-4-11(2)16-13(14-3)15-10-12-8-6-5-7-9-12;1-2/h5-9H,4,10H2,1-3H3,(H,14,15);1-2H3/b16-11-;. The van der Waals surface area contributed by atoms with Crippen molar-refractivity contribution in [3.8, 4) is 0 Å². The van der Waals surface area contributed by atoms with Gasteiger partial charge in [-0.2, -0.15) is 0 Å². The van der Waals surface area contributed by atoms with E-state index in [0.717, 1.165) is 18.7 Å². The van der Waals surface area contributed by atoms with E-state index in [-0.39, 0.29) is 0 Å². The summed E-state index contributed by atoms with van der Waals surface area (Å²) < 4.78 is 0. The molecular formula is C15H25N3. The molecule has 0 aromatic heterocycles. The summed E-state index contributed by atoms with van der Waals surface area (Å²) in [4.78, 5) is 8.49. The quantitative estimate of drug-likeness (QED) is 0.642. The molecule has 0 amide bonds. The molecule has 0 spiro atoms. The van der Waals surface area contributed by atoms with Gasteiger partial charge < -0.3 is 5.32 Å². The first-order chi connectivity index (χ1) is 8.76. The zero-order chi connectivity index (χ0) is 13.8. The molecule has 3 heteroatoms. The molecule has 0 radical (unpaired) electrons. The number of nitrogens with one attached hydrogen (secondary N) is 1. The van der Waals surface area contributed by atoms with Gasteiger partial charge >= 0.3 is 0 Å². The molecule has 0 unspecified atom stereocenters. The molecule has 0 bridgehead atoms. The van der Waals surface area contributed by atoms with Gasteiger partial charge in [-0.05, 0) is 18.9 Å². The second-order valence-electron chi connectivity index (χ2n) is 3.59. The van der Waals surface area contributed by atoms with Crippen LogP contribution in [0.4, 0.5) is 0 Å². The molecule has 0 heterocycles. The van der Waals surface area contributed by atoms with E-state index in [1.165, 1.54) is 5.56 Å². The second-order valence-corrected chi connectivity index (χ2v) is 3.59. The van der Waals surface area contributed by atoms with Crippen molar-refractivity contribution >= 4 is 11.7 Å². The Hall–Kier alpha value is -1.64. The Balaban J connectivity index is 0.00000137. The summed E-state index contributed by atoms with van der Waals surface area (Å²) in [6.45, 7) is 8.85. The average Bonchev–Trinajstić information content (AvgIpc) is 2.46. The first-order valence-electron chi connectivity index (χ1n) is 6.55. The lowest BCUT2D eigenvalue weighted by molar-refractivity contribution is 0.900. The highest BCUT2D eigenvalue weighted by Gasteiger charge is 1.96. The maximum absolute atomic E-state index is 4.38. The highest BCUT2D eigenvalue weighted by atomic mass is 15.1. The number of hydrogen-bond donors (Lipinski definition) is 1. The van der Waals surface area contributed by atoms with Crippen LogP contribution in [0.1, 0.15) is 39.7 Å². The second kappa shape index (κ2) is 10.5. The predicted molar refractivity (Wildman–Crippen MR) is 81.4 cm³/mol. The zero-order valence-corrected chi connectivity index (χ0v) is 12.2. The summed E-state index contributed by atoms with van der Waals surface area (Å²) in [5.74, 6) is 0.697. The molecule has 18 heavy (non-hydrogen) atoms. The predicted octanol–water partition coefficient (Wildman–Crippen LogP) is 3.66. The van der Waals surface area contributed by atoms with Gasteiger partial charge in [0, 0.05) is 19.3 Å². The summed E-state index contributed by atoms with van der Waals surface area (Å²) in [6.07, 6.45) is 0.950. The molecule has 0 aliphatic carbocycles. The fourth-order valence-corrected chi connectivity index (χ4v) is 1.21. The monoisotopic (exact) mass is 247 g/mol. The van der Waals surface area contributed by atoms with Crippen molar-refractivity contribution in [2.75, 3.05) is 7.05 Å². The van der Waals surface area contributed by atoms with Crippen LogP contribution in [-0.2, 0) is 6.54 Å². The van der Waals surface area contributed by atoms with Crippen LogP contribution in [0.15, 0.2) is 40.3 Å². The summed E-state index contributed by atoms with van der Waals surface area (Å²) in [5, 5.41) is 3.21. The molecule has 1 aromatic carbocycles. The van der Waals surface area contributed by atoms with Crippen LogP contribution < -0.4 is 5.32 Å². The lowest BCUT2D eigenvalue weighted by atomic mass is 10.2. The number of benzene rings is 1. The maximum atomic E-state index is 4.38. The van der Waals surface area contributed by atoms with Gasteiger partial charge in [-0.25, -0.2) is 4.99 Å². The van der Waals surface area contributed by atoms with E-state index in [2.05, 4.69) is 34.4 Å². The minimum Gasteiger partial charge on any atom is -0.350 e. The highest BCUT2D eigenvalue weighted by Crippen LogP contribution is 1.97. The van der Waals surface area contributed by atoms with E-state index >= 15 is 0 Å². The maximum Gasteiger partial charge on any atom is 0.217 e. The molecule has 1 N–H and O–H groups in total. The lowest BCUT2D eigenvalue weighted by Crippen LogP contribution is -2.22. The Bertz CT molecular complexity index is 367. The Morgan fingerprint density at radius 1 is 1.17 bits per heavy atom. The molecular weight excluding hydrogens is 222 g/mol. The minimum atomic E-state index is 0.697. The first-order valence-corrected chi connectivity index (χ1v) is 6.55. The molecule has 0 saturated heterocycles. The lowest BCUT2D eigenvalue weighted by Gasteiger charge is -2.06. The fraction of sp³-hybridized carbons (Fsp3) is 0.467. The van der Waals surface area contributed by atoms with Crippen molar-refractivity contribution in [3.05, 3.63) is 35.9 Å². The fourth-order valence-electron chi connectivity index (χ4n) is 1.21. The third-order valence-electron chi connectivity index (χ3n) is 2.31. The van der Waals surface area contributed by atoms with Gasteiger partial charge in [-0.15, -0.1) is 0 Å². The van der Waals surface area contributed by atoms with E-state index in [9.17, 15) is 0 Å². The largest absolute Gasteiger partial charge is 0.350 e. The van der Waals surface area contributed by atoms with Crippen LogP contribution >= 0.6 is 0 Å². The minimum absolute atomic E-state index is 0.697. The SMILES string of the molecule is CC.CC/C(C)=N\C(=NC)NCc1ccccc1. The van der Waals surface area contributed by atoms with Gasteiger partial charge in [0.1, 0.15) is 0 Å². The van der Waals surface area contributed by atoms with E-state index in [0.29, 0.717) is 5.96 Å². The van der Waals surface area contributed by atoms with E-state index in [1.807, 2.05) is 39.0 Å². The zero-order valence-electron chi connectivity index (χ0n) is 12.2. The van der Waals surface area contributed by atoms with Crippen LogP contribution in [-0.4, -0.2) is 18.7 Å². The van der Waals surface area contributed by atoms with E-state index in [4.69, 9.17) is 0 Å². The van der Waals surface area contributed by atoms with Crippen LogP contribution in [0.3, 0.4) is 0 Å². The van der Waals surface area contributed by atoms with Gasteiger partial charge in [0.15, 0.2) is 0 Å². The number of aliphatic imine (C=N–C) groups is 2. The van der Waals surface area contributed by atoms with Gasteiger partial charge in [0.05, 0.1) is 0 Å². The summed E-state index contributed by atoms with van der Waals surface area (Å²) in [5.41, 5.74) is 2.31. The van der Waals surface area contributed by atoms with Crippen molar-refractivity contribution in [1.29, 1.82) is 0 Å². The van der Waals surface area contributed by atoms with Crippen molar-refractivity contribution < 1.29 is 0 Å². The van der Waals surface area contributed by atoms with Crippen LogP contribution in [0.2, 0.25) is 0 Å². The number of rotatable bonds is 3. The third kappa shape index (κ3) is 6.84. The van der Waals surface area contributed by atoms with Crippen LogP contribution in [0.5, 0.6) is 0 Å². The number of hydrogen-bond acceptors (Lipinski definition) is 1. The third-order valence-corrected chi connectivity index (χ3v) is 2.31. The summed E-state index contributed by atoms with van der Waals surface area (Å²) in [7, 11) is 1.75.